The minimum atomic E-state index is -4.02. The molecule has 0 atom stereocenters. The Balaban J connectivity index is 2.17. The van der Waals surface area contributed by atoms with Crippen molar-refractivity contribution >= 4 is 7.82 Å². The molecule has 2 aromatic rings. The average Bonchev–Trinajstić information content (AvgIpc) is 3.17. The lowest BCUT2D eigenvalue weighted by Gasteiger charge is -2.36. The molecule has 0 unspecified atom stereocenters. The van der Waals surface area contributed by atoms with Crippen LogP contribution in [-0.2, 0) is 9.09 Å². The molecule has 0 heterocycles. The van der Waals surface area contributed by atoms with E-state index in [9.17, 15) is 4.57 Å². The van der Waals surface area contributed by atoms with Gasteiger partial charge in [0.25, 0.3) is 0 Å². The molecule has 0 amide bonds. The van der Waals surface area contributed by atoms with Crippen molar-refractivity contribution in [1.29, 1.82) is 0 Å². The zero-order chi connectivity index (χ0) is 38.7. The van der Waals surface area contributed by atoms with Crippen LogP contribution in [-0.4, -0.2) is 5.60 Å². The van der Waals surface area contributed by atoms with Crippen LogP contribution in [0, 0.1) is 0 Å². The third-order valence-corrected chi connectivity index (χ3v) is 12.7. The van der Waals surface area contributed by atoms with E-state index >= 15 is 0 Å². The molecule has 5 heteroatoms. The summed E-state index contributed by atoms with van der Waals surface area (Å²) in [6, 6.07) is 18.9. The van der Waals surface area contributed by atoms with Gasteiger partial charge in [0.05, 0.1) is 5.60 Å². The first kappa shape index (κ1) is 48.4. The van der Waals surface area contributed by atoms with Gasteiger partial charge in [0.1, 0.15) is 11.5 Å². The highest BCUT2D eigenvalue weighted by molar-refractivity contribution is 7.49. The van der Waals surface area contributed by atoms with Crippen molar-refractivity contribution in [3.05, 3.63) is 60.7 Å². The number of phosphoric acid groups is 1. The molecule has 0 N–H and O–H groups in total. The summed E-state index contributed by atoms with van der Waals surface area (Å²) >= 11 is 0. The van der Waals surface area contributed by atoms with E-state index in [0.717, 1.165) is 38.5 Å². The summed E-state index contributed by atoms with van der Waals surface area (Å²) in [5.41, 5.74) is -0.542. The smallest absolute Gasteiger partial charge is 0.395 e. The maximum atomic E-state index is 14.9. The largest absolute Gasteiger partial charge is 0.588 e. The van der Waals surface area contributed by atoms with E-state index in [1.165, 1.54) is 173 Å². The van der Waals surface area contributed by atoms with Gasteiger partial charge < -0.3 is 9.05 Å². The van der Waals surface area contributed by atoms with Gasteiger partial charge >= 0.3 is 7.82 Å². The number of unbranched alkanes of at least 4 members (excludes halogenated alkanes) is 27. The standard InChI is InChI=1S/C49H85O4P/c1-4-7-10-13-16-19-22-25-28-37-44-49(45-38-29-26-23-20-17-14-11-8-5-2,46-39-30-27-24-21-18-15-12-9-6-3)53-54(50,51-47-40-33-31-34-41-47)52-48-42-35-32-36-43-48/h31-36,40-43H,4-30,37-39,44-46H2,1-3H3. The fraction of sp³-hybridized carbons (Fsp3) is 0.755. The number of hydrogen-bond acceptors (Lipinski definition) is 4. The van der Waals surface area contributed by atoms with Gasteiger partial charge in [0.2, 0.25) is 0 Å². The minimum absolute atomic E-state index is 0.516. The van der Waals surface area contributed by atoms with E-state index < -0.39 is 13.4 Å². The zero-order valence-electron chi connectivity index (χ0n) is 35.7. The van der Waals surface area contributed by atoms with Crippen LogP contribution in [0.5, 0.6) is 11.5 Å². The topological polar surface area (TPSA) is 44.8 Å². The maximum Gasteiger partial charge on any atom is 0.588 e. The Hall–Kier alpha value is -1.77. The van der Waals surface area contributed by atoms with Gasteiger partial charge in [-0.05, 0) is 43.5 Å². The van der Waals surface area contributed by atoms with Gasteiger partial charge in [-0.1, -0.05) is 250 Å². The predicted molar refractivity (Wildman–Crippen MR) is 235 cm³/mol. The first-order chi connectivity index (χ1) is 26.5. The van der Waals surface area contributed by atoms with Crippen molar-refractivity contribution < 1.29 is 18.1 Å². The second kappa shape index (κ2) is 33.4. The summed E-state index contributed by atoms with van der Waals surface area (Å²) in [5.74, 6) is 1.03. The lowest BCUT2D eigenvalue weighted by Crippen LogP contribution is -2.33. The molecule has 0 aliphatic rings. The van der Waals surface area contributed by atoms with E-state index in [1.54, 1.807) is 0 Å². The van der Waals surface area contributed by atoms with E-state index in [0.29, 0.717) is 11.5 Å². The third-order valence-electron chi connectivity index (χ3n) is 11.2. The van der Waals surface area contributed by atoms with Crippen LogP contribution in [0.2, 0.25) is 0 Å². The second-order valence-corrected chi connectivity index (χ2v) is 17.8. The van der Waals surface area contributed by atoms with Gasteiger partial charge in [0, 0.05) is 0 Å². The van der Waals surface area contributed by atoms with Gasteiger partial charge in [-0.2, -0.15) is 0 Å². The Kier molecular flexibility index (Phi) is 29.9. The Morgan fingerprint density at radius 2 is 0.611 bits per heavy atom. The third kappa shape index (κ3) is 25.4. The Labute approximate surface area is 335 Å². The Morgan fingerprint density at radius 3 is 0.870 bits per heavy atom. The average molecular weight is 769 g/mol. The highest BCUT2D eigenvalue weighted by atomic mass is 31.2. The van der Waals surface area contributed by atoms with Gasteiger partial charge in [-0.15, -0.1) is 0 Å². The summed E-state index contributed by atoms with van der Waals surface area (Å²) in [5, 5.41) is 0. The molecule has 0 saturated heterocycles. The van der Waals surface area contributed by atoms with Crippen LogP contribution in [0.4, 0.5) is 0 Å². The molecule has 0 aliphatic carbocycles. The first-order valence-electron chi connectivity index (χ1n) is 23.3. The maximum absolute atomic E-state index is 14.9. The molecule has 0 spiro atoms. The van der Waals surface area contributed by atoms with Gasteiger partial charge in [-0.3, -0.25) is 4.52 Å². The highest BCUT2D eigenvalue weighted by Gasteiger charge is 2.43. The monoisotopic (exact) mass is 769 g/mol. The molecule has 0 bridgehead atoms. The van der Waals surface area contributed by atoms with Crippen molar-refractivity contribution in [2.45, 2.75) is 238 Å². The van der Waals surface area contributed by atoms with Crippen molar-refractivity contribution in [2.24, 2.45) is 0 Å². The molecule has 54 heavy (non-hydrogen) atoms. The molecular weight excluding hydrogens is 684 g/mol. The van der Waals surface area contributed by atoms with Gasteiger partial charge in [0.15, 0.2) is 0 Å². The fourth-order valence-corrected chi connectivity index (χ4v) is 9.45. The van der Waals surface area contributed by atoms with Crippen LogP contribution in [0.25, 0.3) is 0 Å². The SMILES string of the molecule is CCCCCCCCCCCCC(CCCCCCCCCCCC)(CCCCCCCCCCCC)OP(=O)(Oc1ccccc1)Oc1ccccc1. The Bertz CT molecular complexity index is 1020. The van der Waals surface area contributed by atoms with E-state index in [1.807, 2.05) is 60.7 Å². The molecule has 0 radical (unpaired) electrons. The van der Waals surface area contributed by atoms with Crippen molar-refractivity contribution in [1.82, 2.24) is 0 Å². The lowest BCUT2D eigenvalue weighted by molar-refractivity contribution is 0.00982. The molecule has 2 aromatic carbocycles. The van der Waals surface area contributed by atoms with Crippen molar-refractivity contribution in [2.75, 3.05) is 0 Å². The van der Waals surface area contributed by atoms with Crippen LogP contribution in [0.15, 0.2) is 60.7 Å². The highest BCUT2D eigenvalue weighted by Crippen LogP contribution is 2.55. The fourth-order valence-electron chi connectivity index (χ4n) is 7.83. The zero-order valence-corrected chi connectivity index (χ0v) is 36.6. The number of hydrogen-bond donors (Lipinski definition) is 0. The quantitative estimate of drug-likeness (QED) is 0.0502. The summed E-state index contributed by atoms with van der Waals surface area (Å²) in [7, 11) is -4.02. The van der Waals surface area contributed by atoms with Crippen LogP contribution >= 0.6 is 7.82 Å². The Morgan fingerprint density at radius 1 is 0.370 bits per heavy atom. The van der Waals surface area contributed by atoms with Gasteiger partial charge in [-0.25, -0.2) is 4.57 Å². The first-order valence-corrected chi connectivity index (χ1v) is 24.8. The van der Waals surface area contributed by atoms with Crippen LogP contribution in [0.3, 0.4) is 0 Å². The molecule has 0 aliphatic heterocycles. The molecule has 0 fully saturated rings. The summed E-state index contributed by atoms with van der Waals surface area (Å²) in [4.78, 5) is 0. The summed E-state index contributed by atoms with van der Waals surface area (Å²) in [6.07, 6.45) is 41.7. The number of benzene rings is 2. The number of para-hydroxylation sites is 2. The van der Waals surface area contributed by atoms with Crippen LogP contribution in [0.1, 0.15) is 233 Å². The number of phosphoric ester groups is 1. The number of rotatable bonds is 39. The van der Waals surface area contributed by atoms with E-state index in [4.69, 9.17) is 13.6 Å². The molecular formula is C49H85O4P. The minimum Gasteiger partial charge on any atom is -0.395 e. The summed E-state index contributed by atoms with van der Waals surface area (Å²) in [6.45, 7) is 6.87. The van der Waals surface area contributed by atoms with E-state index in [2.05, 4.69) is 20.8 Å². The van der Waals surface area contributed by atoms with E-state index in [-0.39, 0.29) is 0 Å². The van der Waals surface area contributed by atoms with Crippen LogP contribution < -0.4 is 9.05 Å². The summed E-state index contributed by atoms with van der Waals surface area (Å²) < 4.78 is 34.5. The molecule has 2 rings (SSSR count). The second-order valence-electron chi connectivity index (χ2n) is 16.3. The molecule has 4 nitrogen and oxygen atoms in total. The normalized spacial score (nSPS) is 12.0. The molecule has 0 aromatic heterocycles. The molecule has 0 saturated carbocycles. The predicted octanol–water partition coefficient (Wildman–Crippen LogP) is 17.9. The lowest BCUT2D eigenvalue weighted by atomic mass is 9.85. The van der Waals surface area contributed by atoms with Crippen molar-refractivity contribution in [3.63, 3.8) is 0 Å². The molecule has 310 valence electrons. The van der Waals surface area contributed by atoms with Crippen molar-refractivity contribution in [3.8, 4) is 11.5 Å².